The van der Waals surface area contributed by atoms with E-state index in [0.29, 0.717) is 29.6 Å². The molecule has 2 saturated heterocycles. The van der Waals surface area contributed by atoms with Crippen LogP contribution < -0.4 is 4.90 Å². The van der Waals surface area contributed by atoms with Crippen LogP contribution in [0.3, 0.4) is 0 Å². The van der Waals surface area contributed by atoms with Crippen LogP contribution in [0.25, 0.3) is 0 Å². The van der Waals surface area contributed by atoms with Crippen molar-refractivity contribution in [1.29, 1.82) is 0 Å². The first-order valence-electron chi connectivity index (χ1n) is 6.28. The number of hydrogen-bond donors (Lipinski definition) is 1. The van der Waals surface area contributed by atoms with Crippen molar-refractivity contribution in [2.75, 3.05) is 11.5 Å². The maximum absolute atomic E-state index is 9.30. The fourth-order valence-electron chi connectivity index (χ4n) is 3.33. The van der Waals surface area contributed by atoms with E-state index in [1.54, 1.807) is 6.20 Å². The van der Waals surface area contributed by atoms with Crippen LogP contribution in [0.1, 0.15) is 25.7 Å². The zero-order chi connectivity index (χ0) is 11.8. The highest BCUT2D eigenvalue weighted by molar-refractivity contribution is 6.30. The summed E-state index contributed by atoms with van der Waals surface area (Å²) in [5.74, 6) is 1.52. The van der Waals surface area contributed by atoms with Gasteiger partial charge in [0, 0.05) is 24.9 Å². The topological polar surface area (TPSA) is 36.4 Å². The number of halogens is 1. The molecule has 3 nitrogen and oxygen atoms in total. The van der Waals surface area contributed by atoms with Crippen LogP contribution in [0, 0.1) is 5.92 Å². The van der Waals surface area contributed by atoms with Crippen LogP contribution in [0.4, 0.5) is 5.82 Å². The summed E-state index contributed by atoms with van der Waals surface area (Å²) in [6.45, 7) is 0.328. The smallest absolute Gasteiger partial charge is 0.129 e. The summed E-state index contributed by atoms with van der Waals surface area (Å²) in [6, 6.07) is 5.02. The van der Waals surface area contributed by atoms with Crippen molar-refractivity contribution in [3.63, 3.8) is 0 Å². The van der Waals surface area contributed by atoms with Gasteiger partial charge in [-0.15, -0.1) is 0 Å². The van der Waals surface area contributed by atoms with Crippen molar-refractivity contribution >= 4 is 17.4 Å². The minimum Gasteiger partial charge on any atom is -0.396 e. The highest BCUT2D eigenvalue weighted by atomic mass is 35.5. The SMILES string of the molecule is OCC1C[C@H]2CC[C@@H](C1)N2c1ccc(Cl)cn1. The van der Waals surface area contributed by atoms with Gasteiger partial charge in [0.25, 0.3) is 0 Å². The average molecular weight is 253 g/mol. The number of pyridine rings is 1. The lowest BCUT2D eigenvalue weighted by Crippen LogP contribution is -2.44. The van der Waals surface area contributed by atoms with E-state index in [1.807, 2.05) is 12.1 Å². The van der Waals surface area contributed by atoms with Gasteiger partial charge >= 0.3 is 0 Å². The third-order valence-electron chi connectivity index (χ3n) is 4.07. The van der Waals surface area contributed by atoms with Crippen molar-refractivity contribution in [3.05, 3.63) is 23.4 Å². The molecule has 92 valence electrons. The first-order valence-corrected chi connectivity index (χ1v) is 6.66. The Morgan fingerprint density at radius 2 is 2.00 bits per heavy atom. The largest absolute Gasteiger partial charge is 0.396 e. The minimum absolute atomic E-state index is 0.328. The molecule has 0 saturated carbocycles. The predicted octanol–water partition coefficient (Wildman–Crippen LogP) is 2.47. The molecular formula is C13H17ClN2O. The van der Waals surface area contributed by atoms with Gasteiger partial charge in [0.15, 0.2) is 0 Å². The molecule has 0 amide bonds. The maximum atomic E-state index is 9.30. The summed E-state index contributed by atoms with van der Waals surface area (Å²) in [7, 11) is 0. The van der Waals surface area contributed by atoms with Gasteiger partial charge in [-0.05, 0) is 43.7 Å². The Morgan fingerprint density at radius 1 is 1.29 bits per heavy atom. The van der Waals surface area contributed by atoms with Gasteiger partial charge in [-0.1, -0.05) is 11.6 Å². The number of rotatable bonds is 2. The molecule has 0 aliphatic carbocycles. The van der Waals surface area contributed by atoms with Gasteiger partial charge in [-0.3, -0.25) is 0 Å². The number of anilines is 1. The van der Waals surface area contributed by atoms with E-state index in [2.05, 4.69) is 9.88 Å². The van der Waals surface area contributed by atoms with E-state index in [1.165, 1.54) is 12.8 Å². The van der Waals surface area contributed by atoms with Crippen molar-refractivity contribution < 1.29 is 5.11 Å². The molecule has 1 N–H and O–H groups in total. The van der Waals surface area contributed by atoms with E-state index < -0.39 is 0 Å². The molecule has 2 bridgehead atoms. The van der Waals surface area contributed by atoms with Gasteiger partial charge in [0.1, 0.15) is 5.82 Å². The minimum atomic E-state index is 0.328. The zero-order valence-corrected chi connectivity index (χ0v) is 10.5. The number of aliphatic hydroxyl groups excluding tert-OH is 1. The summed E-state index contributed by atoms with van der Waals surface area (Å²) < 4.78 is 0. The summed E-state index contributed by atoms with van der Waals surface area (Å²) in [5, 5.41) is 9.98. The molecule has 2 aliphatic heterocycles. The lowest BCUT2D eigenvalue weighted by molar-refractivity contribution is 0.185. The second kappa shape index (κ2) is 4.46. The number of hydrogen-bond acceptors (Lipinski definition) is 3. The molecule has 1 aromatic rings. The number of aromatic nitrogens is 1. The summed E-state index contributed by atoms with van der Waals surface area (Å²) in [6.07, 6.45) is 6.36. The number of fused-ring (bicyclic) bond motifs is 2. The third kappa shape index (κ3) is 2.02. The molecule has 0 aromatic carbocycles. The van der Waals surface area contributed by atoms with Crippen LogP contribution in [0.2, 0.25) is 5.02 Å². The predicted molar refractivity (Wildman–Crippen MR) is 68.3 cm³/mol. The van der Waals surface area contributed by atoms with Gasteiger partial charge < -0.3 is 10.0 Å². The molecule has 17 heavy (non-hydrogen) atoms. The molecule has 3 heterocycles. The van der Waals surface area contributed by atoms with Gasteiger partial charge in [0.05, 0.1) is 5.02 Å². The molecular weight excluding hydrogens is 236 g/mol. The molecule has 4 heteroatoms. The van der Waals surface area contributed by atoms with Gasteiger partial charge in [-0.25, -0.2) is 4.98 Å². The monoisotopic (exact) mass is 252 g/mol. The molecule has 3 atom stereocenters. The molecule has 1 aromatic heterocycles. The average Bonchev–Trinajstić information content (AvgIpc) is 2.61. The molecule has 3 rings (SSSR count). The molecule has 0 radical (unpaired) electrons. The Morgan fingerprint density at radius 3 is 2.53 bits per heavy atom. The van der Waals surface area contributed by atoms with E-state index in [4.69, 9.17) is 11.6 Å². The second-order valence-corrected chi connectivity index (χ2v) is 5.58. The van der Waals surface area contributed by atoms with Crippen molar-refractivity contribution in [3.8, 4) is 0 Å². The van der Waals surface area contributed by atoms with Crippen molar-refractivity contribution in [1.82, 2.24) is 4.98 Å². The Bertz CT molecular complexity index is 381. The van der Waals surface area contributed by atoms with Crippen molar-refractivity contribution in [2.24, 2.45) is 5.92 Å². The number of nitrogens with zero attached hydrogens (tertiary/aromatic N) is 2. The van der Waals surface area contributed by atoms with Crippen LogP contribution in [0.5, 0.6) is 0 Å². The van der Waals surface area contributed by atoms with Gasteiger partial charge in [0.2, 0.25) is 0 Å². The summed E-state index contributed by atoms with van der Waals surface area (Å²) in [5.41, 5.74) is 0. The van der Waals surface area contributed by atoms with Crippen LogP contribution in [-0.2, 0) is 0 Å². The fourth-order valence-corrected chi connectivity index (χ4v) is 3.45. The van der Waals surface area contributed by atoms with Crippen LogP contribution in [0.15, 0.2) is 18.3 Å². The second-order valence-electron chi connectivity index (χ2n) is 5.15. The number of piperidine rings is 1. The molecule has 1 unspecified atom stereocenters. The Labute approximate surface area is 106 Å². The Kier molecular flexibility index (Phi) is 2.97. The quantitative estimate of drug-likeness (QED) is 0.879. The van der Waals surface area contributed by atoms with E-state index in [9.17, 15) is 5.11 Å². The summed E-state index contributed by atoms with van der Waals surface area (Å²) >= 11 is 5.87. The summed E-state index contributed by atoms with van der Waals surface area (Å²) in [4.78, 5) is 6.86. The van der Waals surface area contributed by atoms with E-state index >= 15 is 0 Å². The third-order valence-corrected chi connectivity index (χ3v) is 4.29. The van der Waals surface area contributed by atoms with Crippen LogP contribution >= 0.6 is 11.6 Å². The van der Waals surface area contributed by atoms with Crippen LogP contribution in [-0.4, -0.2) is 28.8 Å². The zero-order valence-electron chi connectivity index (χ0n) is 9.72. The highest BCUT2D eigenvalue weighted by Gasteiger charge is 2.40. The highest BCUT2D eigenvalue weighted by Crippen LogP contribution is 2.40. The molecule has 2 fully saturated rings. The maximum Gasteiger partial charge on any atom is 0.129 e. The lowest BCUT2D eigenvalue weighted by atomic mass is 9.91. The van der Waals surface area contributed by atoms with E-state index in [0.717, 1.165) is 18.7 Å². The number of aliphatic hydroxyl groups is 1. The first kappa shape index (κ1) is 11.3. The molecule has 2 aliphatic rings. The molecule has 0 spiro atoms. The fraction of sp³-hybridized carbons (Fsp3) is 0.615. The first-order chi connectivity index (χ1) is 8.28. The Hall–Kier alpha value is -0.800. The lowest BCUT2D eigenvalue weighted by Gasteiger charge is -2.39. The van der Waals surface area contributed by atoms with Gasteiger partial charge in [-0.2, -0.15) is 0 Å². The standard InChI is InChI=1S/C13H17ClN2O/c14-10-1-4-13(15-7-10)16-11-2-3-12(16)6-9(5-11)8-17/h1,4,7,9,11-12,17H,2-3,5-6,8H2/t9?,11-,12+. The normalized spacial score (nSPS) is 31.9. The van der Waals surface area contributed by atoms with Crippen molar-refractivity contribution in [2.45, 2.75) is 37.8 Å². The van der Waals surface area contributed by atoms with E-state index in [-0.39, 0.29) is 0 Å². The Balaban J connectivity index is 1.83.